The maximum absolute atomic E-state index is 12.8. The lowest BCUT2D eigenvalue weighted by Gasteiger charge is -2.16. The normalized spacial score (nSPS) is 16.2. The average molecular weight is 410 g/mol. The zero-order valence-corrected chi connectivity index (χ0v) is 17.7. The van der Waals surface area contributed by atoms with Gasteiger partial charge < -0.3 is 4.74 Å². The van der Waals surface area contributed by atoms with Crippen molar-refractivity contribution in [2.75, 3.05) is 13.7 Å². The fraction of sp³-hybridized carbons (Fsp3) is 0.348. The number of ether oxygens (including phenoxy) is 1. The van der Waals surface area contributed by atoms with Gasteiger partial charge in [0.2, 0.25) is 0 Å². The molecule has 0 saturated heterocycles. The quantitative estimate of drug-likeness (QED) is 0.671. The Bertz CT molecular complexity index is 1060. The summed E-state index contributed by atoms with van der Waals surface area (Å²) in [7, 11) is 1.64. The second-order valence-corrected chi connectivity index (χ2v) is 8.03. The number of hydrogen-bond acceptors (Lipinski definition) is 4. The molecule has 5 nitrogen and oxygen atoms in total. The minimum atomic E-state index is -0.0960. The molecular formula is C23H24ClN3O2. The molecule has 0 aliphatic carbocycles. The van der Waals surface area contributed by atoms with Crippen LogP contribution in [-0.2, 0) is 17.8 Å². The molecule has 2 aliphatic heterocycles. The van der Waals surface area contributed by atoms with E-state index in [9.17, 15) is 4.79 Å². The first-order chi connectivity index (χ1) is 14.0. The molecule has 29 heavy (non-hydrogen) atoms. The van der Waals surface area contributed by atoms with Crippen molar-refractivity contribution in [3.8, 4) is 11.1 Å². The van der Waals surface area contributed by atoms with Gasteiger partial charge in [0, 0.05) is 35.9 Å². The molecule has 150 valence electrons. The Hall–Kier alpha value is -2.50. The van der Waals surface area contributed by atoms with Crippen LogP contribution in [0.1, 0.15) is 42.9 Å². The topological polar surface area (TPSA) is 56.5 Å². The molecule has 0 bridgehead atoms. The lowest BCUT2D eigenvalue weighted by molar-refractivity contribution is 0.0943. The maximum atomic E-state index is 12.8. The summed E-state index contributed by atoms with van der Waals surface area (Å²) in [6.45, 7) is 5.35. The Balaban J connectivity index is 1.65. The average Bonchev–Trinajstić information content (AvgIpc) is 3.21. The molecule has 0 unspecified atom stereocenters. The van der Waals surface area contributed by atoms with E-state index >= 15 is 0 Å². The molecule has 4 rings (SSSR count). The van der Waals surface area contributed by atoms with Gasteiger partial charge in [-0.1, -0.05) is 29.3 Å². The summed E-state index contributed by atoms with van der Waals surface area (Å²) in [6.07, 6.45) is 4.19. The first-order valence-electron chi connectivity index (χ1n) is 9.77. The second-order valence-electron chi connectivity index (χ2n) is 7.60. The summed E-state index contributed by atoms with van der Waals surface area (Å²) in [4.78, 5) is 17.3. The monoisotopic (exact) mass is 409 g/mol. The number of benzene rings is 1. The summed E-state index contributed by atoms with van der Waals surface area (Å²) in [5, 5.41) is 5.23. The predicted molar refractivity (Wildman–Crippen MR) is 116 cm³/mol. The number of aromatic nitrogens is 2. The van der Waals surface area contributed by atoms with Gasteiger partial charge >= 0.3 is 0 Å². The van der Waals surface area contributed by atoms with Crippen LogP contribution in [0.5, 0.6) is 0 Å². The van der Waals surface area contributed by atoms with Crippen molar-refractivity contribution in [1.29, 1.82) is 0 Å². The number of aliphatic imine (C=N–C) groups is 1. The Morgan fingerprint density at radius 1 is 1.17 bits per heavy atom. The molecule has 0 atom stereocenters. The van der Waals surface area contributed by atoms with Crippen LogP contribution in [-0.4, -0.2) is 35.1 Å². The Labute approximate surface area is 175 Å². The van der Waals surface area contributed by atoms with E-state index in [1.165, 1.54) is 15.8 Å². The molecule has 2 aliphatic rings. The van der Waals surface area contributed by atoms with Crippen molar-refractivity contribution in [2.24, 2.45) is 4.99 Å². The number of carbonyl (C=O) groups is 1. The Kier molecular flexibility index (Phi) is 5.52. The zero-order chi connectivity index (χ0) is 20.5. The van der Waals surface area contributed by atoms with Crippen LogP contribution in [0.2, 0.25) is 5.02 Å². The van der Waals surface area contributed by atoms with Crippen LogP contribution in [0, 0.1) is 0 Å². The minimum absolute atomic E-state index is 0.0960. The SMILES string of the molecule is COCc1nn2c(c1-c1ccc(Cl)cc1)CC(CCC1=C(C)CN=C1C)=CC2=O. The van der Waals surface area contributed by atoms with Gasteiger partial charge in [-0.15, -0.1) is 0 Å². The highest BCUT2D eigenvalue weighted by Crippen LogP contribution is 2.34. The number of carbonyl (C=O) groups excluding carboxylic acids is 1. The highest BCUT2D eigenvalue weighted by molar-refractivity contribution is 6.30. The molecule has 0 radical (unpaired) electrons. The molecule has 0 saturated carbocycles. The van der Waals surface area contributed by atoms with Gasteiger partial charge in [-0.3, -0.25) is 9.79 Å². The van der Waals surface area contributed by atoms with E-state index in [4.69, 9.17) is 16.3 Å². The van der Waals surface area contributed by atoms with E-state index in [2.05, 4.69) is 23.9 Å². The number of rotatable bonds is 6. The molecule has 0 spiro atoms. The van der Waals surface area contributed by atoms with E-state index in [0.29, 0.717) is 18.1 Å². The highest BCUT2D eigenvalue weighted by atomic mass is 35.5. The van der Waals surface area contributed by atoms with E-state index in [1.807, 2.05) is 24.3 Å². The molecule has 6 heteroatoms. The number of halogens is 1. The van der Waals surface area contributed by atoms with Crippen molar-refractivity contribution < 1.29 is 9.53 Å². The van der Waals surface area contributed by atoms with Gasteiger partial charge in [-0.25, -0.2) is 0 Å². The zero-order valence-electron chi connectivity index (χ0n) is 17.0. The molecule has 0 amide bonds. The van der Waals surface area contributed by atoms with Crippen LogP contribution in [0.15, 0.2) is 52.1 Å². The smallest absolute Gasteiger partial charge is 0.271 e. The number of fused-ring (bicyclic) bond motifs is 1. The number of allylic oxidation sites excluding steroid dienone is 3. The summed E-state index contributed by atoms with van der Waals surface area (Å²) in [5.41, 5.74) is 8.57. The van der Waals surface area contributed by atoms with Gasteiger partial charge in [-0.2, -0.15) is 9.78 Å². The van der Waals surface area contributed by atoms with Crippen LogP contribution in [0.25, 0.3) is 11.1 Å². The predicted octanol–water partition coefficient (Wildman–Crippen LogP) is 5.04. The molecular weight excluding hydrogens is 386 g/mol. The molecule has 3 heterocycles. The van der Waals surface area contributed by atoms with Gasteiger partial charge in [0.1, 0.15) is 0 Å². The third kappa shape index (κ3) is 3.85. The standard InChI is InChI=1S/C23H24ClN3O2/c1-14-12-25-15(2)19(14)9-4-16-10-21-23(17-5-7-18(24)8-6-17)20(13-29-3)26-27(21)22(28)11-16/h5-8,11H,4,9-10,12-13H2,1-3H3. The minimum Gasteiger partial charge on any atom is -0.378 e. The van der Waals surface area contributed by atoms with Crippen LogP contribution in [0.4, 0.5) is 0 Å². The van der Waals surface area contributed by atoms with Crippen molar-refractivity contribution in [3.05, 3.63) is 63.5 Å². The lowest BCUT2D eigenvalue weighted by Crippen LogP contribution is -2.19. The summed E-state index contributed by atoms with van der Waals surface area (Å²) in [6, 6.07) is 7.65. The Morgan fingerprint density at radius 2 is 1.93 bits per heavy atom. The molecule has 0 fully saturated rings. The summed E-state index contributed by atoms with van der Waals surface area (Å²) >= 11 is 6.07. The molecule has 0 N–H and O–H groups in total. The van der Waals surface area contributed by atoms with Gasteiger partial charge in [-0.05, 0) is 55.5 Å². The first kappa shape index (κ1) is 19.8. The summed E-state index contributed by atoms with van der Waals surface area (Å²) in [5.74, 6) is -0.0960. The lowest BCUT2D eigenvalue weighted by atomic mass is 9.92. The highest BCUT2D eigenvalue weighted by Gasteiger charge is 2.26. The molecule has 2 aromatic rings. The Morgan fingerprint density at radius 3 is 2.59 bits per heavy atom. The van der Waals surface area contributed by atoms with Crippen LogP contribution >= 0.6 is 11.6 Å². The third-order valence-corrected chi connectivity index (χ3v) is 5.85. The second kappa shape index (κ2) is 8.09. The van der Waals surface area contributed by atoms with Gasteiger partial charge in [0.25, 0.3) is 5.91 Å². The van der Waals surface area contributed by atoms with Gasteiger partial charge in [0.15, 0.2) is 0 Å². The van der Waals surface area contributed by atoms with E-state index in [1.54, 1.807) is 13.2 Å². The van der Waals surface area contributed by atoms with Crippen molar-refractivity contribution in [3.63, 3.8) is 0 Å². The number of methoxy groups -OCH3 is 1. The third-order valence-electron chi connectivity index (χ3n) is 5.60. The van der Waals surface area contributed by atoms with Crippen LogP contribution < -0.4 is 0 Å². The largest absolute Gasteiger partial charge is 0.378 e. The first-order valence-corrected chi connectivity index (χ1v) is 10.1. The fourth-order valence-corrected chi connectivity index (χ4v) is 4.24. The number of hydrogen-bond donors (Lipinski definition) is 0. The molecule has 1 aromatic carbocycles. The fourth-order valence-electron chi connectivity index (χ4n) is 4.12. The van der Waals surface area contributed by atoms with Crippen molar-refractivity contribution in [1.82, 2.24) is 9.78 Å². The van der Waals surface area contributed by atoms with Gasteiger partial charge in [0.05, 0.1) is 24.5 Å². The molecule has 1 aromatic heterocycles. The van der Waals surface area contributed by atoms with E-state index in [-0.39, 0.29) is 5.91 Å². The van der Waals surface area contributed by atoms with Crippen molar-refractivity contribution in [2.45, 2.75) is 39.7 Å². The maximum Gasteiger partial charge on any atom is 0.271 e. The summed E-state index contributed by atoms with van der Waals surface area (Å²) < 4.78 is 6.87. The van der Waals surface area contributed by atoms with Crippen molar-refractivity contribution >= 4 is 23.2 Å². The van der Waals surface area contributed by atoms with E-state index < -0.39 is 0 Å². The number of nitrogens with zero attached hydrogens (tertiary/aromatic N) is 3. The van der Waals surface area contributed by atoms with Crippen LogP contribution in [0.3, 0.4) is 0 Å². The van der Waals surface area contributed by atoms with E-state index in [0.717, 1.165) is 53.2 Å².